The molecule has 2 aromatic rings. The number of ketones is 1. The van der Waals surface area contributed by atoms with Gasteiger partial charge in [0.25, 0.3) is 0 Å². The van der Waals surface area contributed by atoms with E-state index in [1.54, 1.807) is 30.5 Å². The molecule has 0 saturated heterocycles. The number of Topliss-reactive ketones (excluding diaryl/α,β-unsaturated/α-hetero) is 1. The van der Waals surface area contributed by atoms with E-state index < -0.39 is 0 Å². The van der Waals surface area contributed by atoms with Crippen molar-refractivity contribution in [3.8, 4) is 17.2 Å². The zero-order chi connectivity index (χ0) is 13.1. The third-order valence-electron chi connectivity index (χ3n) is 2.58. The molecule has 0 aliphatic rings. The molecule has 2 N–H and O–H groups in total. The lowest BCUT2D eigenvalue weighted by Gasteiger charge is -2.05. The van der Waals surface area contributed by atoms with Crippen LogP contribution in [0, 0.1) is 11.3 Å². The highest BCUT2D eigenvalue weighted by Crippen LogP contribution is 2.23. The van der Waals surface area contributed by atoms with Gasteiger partial charge in [-0.3, -0.25) is 9.78 Å². The summed E-state index contributed by atoms with van der Waals surface area (Å²) in [5, 5.41) is 8.85. The number of nitrogen functional groups attached to an aromatic ring is 1. The Labute approximate surface area is 105 Å². The predicted octanol–water partition coefficient (Wildman–Crippen LogP) is 2.41. The van der Waals surface area contributed by atoms with E-state index in [0.717, 1.165) is 11.1 Å². The molecule has 0 aliphatic heterocycles. The van der Waals surface area contributed by atoms with Gasteiger partial charge in [-0.2, -0.15) is 5.26 Å². The summed E-state index contributed by atoms with van der Waals surface area (Å²) in [6, 6.07) is 10.9. The van der Waals surface area contributed by atoms with E-state index in [2.05, 4.69) is 11.1 Å². The molecule has 0 amide bonds. The van der Waals surface area contributed by atoms with E-state index in [9.17, 15) is 4.79 Å². The number of nitrogens with zero attached hydrogens (tertiary/aromatic N) is 2. The molecule has 0 spiro atoms. The first kappa shape index (κ1) is 11.8. The van der Waals surface area contributed by atoms with Gasteiger partial charge in [-0.25, -0.2) is 0 Å². The molecule has 1 aromatic heterocycles. The smallest absolute Gasteiger partial charge is 0.180 e. The number of benzene rings is 1. The zero-order valence-electron chi connectivity index (χ0n) is 9.84. The Hall–Kier alpha value is -2.67. The Bertz CT molecular complexity index is 656. The lowest BCUT2D eigenvalue weighted by Crippen LogP contribution is -2.03. The lowest BCUT2D eigenvalue weighted by molar-refractivity contribution is 0.101. The van der Waals surface area contributed by atoms with Crippen LogP contribution in [0.3, 0.4) is 0 Å². The summed E-state index contributed by atoms with van der Waals surface area (Å²) in [7, 11) is 0. The van der Waals surface area contributed by atoms with Gasteiger partial charge in [0.2, 0.25) is 0 Å². The Morgan fingerprint density at radius 1 is 1.33 bits per heavy atom. The van der Waals surface area contributed by atoms with Gasteiger partial charge in [-0.05, 0) is 23.8 Å². The number of aromatic nitrogens is 1. The SMILES string of the molecule is CC(=O)c1ncc(-c2cccc(C#N)c2)cc1N. The molecule has 0 aliphatic carbocycles. The average Bonchev–Trinajstić information content (AvgIpc) is 2.38. The minimum absolute atomic E-state index is 0.162. The van der Waals surface area contributed by atoms with Crippen molar-refractivity contribution in [2.24, 2.45) is 0 Å². The van der Waals surface area contributed by atoms with Crippen LogP contribution < -0.4 is 5.73 Å². The van der Waals surface area contributed by atoms with Gasteiger partial charge in [0, 0.05) is 18.7 Å². The second kappa shape index (κ2) is 4.68. The van der Waals surface area contributed by atoms with Gasteiger partial charge in [-0.1, -0.05) is 12.1 Å². The molecule has 0 bridgehead atoms. The quantitative estimate of drug-likeness (QED) is 0.813. The van der Waals surface area contributed by atoms with Crippen molar-refractivity contribution < 1.29 is 4.79 Å². The number of anilines is 1. The summed E-state index contributed by atoms with van der Waals surface area (Å²) in [6.45, 7) is 1.43. The largest absolute Gasteiger partial charge is 0.397 e. The predicted molar refractivity (Wildman–Crippen MR) is 68.8 cm³/mol. The van der Waals surface area contributed by atoms with Crippen LogP contribution in [0.4, 0.5) is 5.69 Å². The molecular formula is C14H11N3O. The van der Waals surface area contributed by atoms with Crippen molar-refractivity contribution in [2.75, 3.05) is 5.73 Å². The number of hydrogen-bond acceptors (Lipinski definition) is 4. The van der Waals surface area contributed by atoms with E-state index in [-0.39, 0.29) is 11.5 Å². The highest BCUT2D eigenvalue weighted by molar-refractivity contribution is 5.97. The van der Waals surface area contributed by atoms with Crippen molar-refractivity contribution >= 4 is 11.5 Å². The first-order valence-corrected chi connectivity index (χ1v) is 5.39. The third kappa shape index (κ3) is 2.20. The van der Waals surface area contributed by atoms with E-state index in [1.165, 1.54) is 6.92 Å². The van der Waals surface area contributed by atoms with Crippen molar-refractivity contribution in [1.82, 2.24) is 4.98 Å². The number of nitrogens with two attached hydrogens (primary N) is 1. The molecular weight excluding hydrogens is 226 g/mol. The molecule has 88 valence electrons. The maximum absolute atomic E-state index is 11.2. The summed E-state index contributed by atoms with van der Waals surface area (Å²) < 4.78 is 0. The number of nitriles is 1. The summed E-state index contributed by atoms with van der Waals surface area (Å²) in [6.07, 6.45) is 1.59. The van der Waals surface area contributed by atoms with Crippen molar-refractivity contribution in [3.05, 3.63) is 47.8 Å². The molecule has 2 rings (SSSR count). The molecule has 18 heavy (non-hydrogen) atoms. The lowest BCUT2D eigenvalue weighted by atomic mass is 10.0. The van der Waals surface area contributed by atoms with Crippen LogP contribution in [0.5, 0.6) is 0 Å². The number of rotatable bonds is 2. The van der Waals surface area contributed by atoms with Crippen LogP contribution in [0.1, 0.15) is 23.0 Å². The van der Waals surface area contributed by atoms with Gasteiger partial charge < -0.3 is 5.73 Å². The molecule has 1 aromatic carbocycles. The Kier molecular flexibility index (Phi) is 3.07. The summed E-state index contributed by atoms with van der Waals surface area (Å²) in [5.41, 5.74) is 8.61. The van der Waals surface area contributed by atoms with E-state index >= 15 is 0 Å². The number of hydrogen-bond donors (Lipinski definition) is 1. The third-order valence-corrected chi connectivity index (χ3v) is 2.58. The summed E-state index contributed by atoms with van der Waals surface area (Å²) in [4.78, 5) is 15.3. The maximum Gasteiger partial charge on any atom is 0.180 e. The van der Waals surface area contributed by atoms with E-state index in [4.69, 9.17) is 11.0 Å². The molecule has 4 nitrogen and oxygen atoms in total. The van der Waals surface area contributed by atoms with Crippen LogP contribution in [0.25, 0.3) is 11.1 Å². The average molecular weight is 237 g/mol. The van der Waals surface area contributed by atoms with Gasteiger partial charge in [-0.15, -0.1) is 0 Å². The minimum atomic E-state index is -0.162. The molecule has 0 radical (unpaired) electrons. The molecule has 0 fully saturated rings. The number of carbonyl (C=O) groups is 1. The first-order chi connectivity index (χ1) is 8.61. The minimum Gasteiger partial charge on any atom is -0.397 e. The fraction of sp³-hybridized carbons (Fsp3) is 0.0714. The highest BCUT2D eigenvalue weighted by atomic mass is 16.1. The van der Waals surface area contributed by atoms with Crippen molar-refractivity contribution in [3.63, 3.8) is 0 Å². The molecule has 0 atom stereocenters. The second-order valence-electron chi connectivity index (χ2n) is 3.91. The van der Waals surface area contributed by atoms with Crippen LogP contribution in [0.15, 0.2) is 36.5 Å². The van der Waals surface area contributed by atoms with Crippen molar-refractivity contribution in [1.29, 1.82) is 5.26 Å². The first-order valence-electron chi connectivity index (χ1n) is 5.39. The van der Waals surface area contributed by atoms with Gasteiger partial charge in [0.15, 0.2) is 5.78 Å². The summed E-state index contributed by atoms with van der Waals surface area (Å²) in [5.74, 6) is -0.162. The molecule has 4 heteroatoms. The Morgan fingerprint density at radius 3 is 2.72 bits per heavy atom. The fourth-order valence-electron chi connectivity index (χ4n) is 1.70. The van der Waals surface area contributed by atoms with E-state index in [1.807, 2.05) is 6.07 Å². The number of pyridine rings is 1. The number of carbonyl (C=O) groups excluding carboxylic acids is 1. The Balaban J connectivity index is 2.49. The Morgan fingerprint density at radius 2 is 2.11 bits per heavy atom. The monoisotopic (exact) mass is 237 g/mol. The van der Waals surface area contributed by atoms with Crippen LogP contribution in [-0.2, 0) is 0 Å². The van der Waals surface area contributed by atoms with Gasteiger partial charge >= 0.3 is 0 Å². The van der Waals surface area contributed by atoms with Crippen LogP contribution >= 0.6 is 0 Å². The molecule has 0 unspecified atom stereocenters. The fourth-order valence-corrected chi connectivity index (χ4v) is 1.70. The maximum atomic E-state index is 11.2. The van der Waals surface area contributed by atoms with E-state index in [0.29, 0.717) is 11.3 Å². The highest BCUT2D eigenvalue weighted by Gasteiger charge is 2.08. The topological polar surface area (TPSA) is 79.8 Å². The standard InChI is InChI=1S/C14H11N3O/c1-9(18)14-13(16)6-12(8-17-14)11-4-2-3-10(5-11)7-15/h2-6,8H,16H2,1H3. The van der Waals surface area contributed by atoms with Crippen molar-refractivity contribution in [2.45, 2.75) is 6.92 Å². The second-order valence-corrected chi connectivity index (χ2v) is 3.91. The zero-order valence-corrected chi connectivity index (χ0v) is 9.84. The van der Waals surface area contributed by atoms with Crippen LogP contribution in [0.2, 0.25) is 0 Å². The van der Waals surface area contributed by atoms with Gasteiger partial charge in [0.05, 0.1) is 17.3 Å². The molecule has 1 heterocycles. The summed E-state index contributed by atoms with van der Waals surface area (Å²) >= 11 is 0. The normalized spacial score (nSPS) is 9.78. The van der Waals surface area contributed by atoms with Gasteiger partial charge in [0.1, 0.15) is 5.69 Å². The van der Waals surface area contributed by atoms with Crippen LogP contribution in [-0.4, -0.2) is 10.8 Å². The molecule has 0 saturated carbocycles.